The molecule has 1 amide bonds. The van der Waals surface area contributed by atoms with Crippen LogP contribution >= 0.6 is 15.9 Å². The zero-order valence-corrected chi connectivity index (χ0v) is 11.9. The van der Waals surface area contributed by atoms with Gasteiger partial charge < -0.3 is 5.32 Å². The van der Waals surface area contributed by atoms with Gasteiger partial charge in [-0.3, -0.25) is 4.79 Å². The van der Waals surface area contributed by atoms with Crippen LogP contribution in [-0.2, 0) is 4.79 Å². The van der Waals surface area contributed by atoms with Crippen LogP contribution in [0, 0.1) is 11.8 Å². The van der Waals surface area contributed by atoms with Gasteiger partial charge in [-0.1, -0.05) is 42.1 Å². The molecule has 1 aliphatic carbocycles. The Labute approximate surface area is 108 Å². The van der Waals surface area contributed by atoms with Crippen LogP contribution in [0.5, 0.6) is 0 Å². The largest absolute Gasteiger partial charge is 0.356 e. The molecule has 1 aliphatic rings. The van der Waals surface area contributed by atoms with E-state index in [0.717, 1.165) is 24.2 Å². The molecule has 2 atom stereocenters. The van der Waals surface area contributed by atoms with Gasteiger partial charge in [-0.2, -0.15) is 0 Å². The van der Waals surface area contributed by atoms with Gasteiger partial charge in [0.2, 0.25) is 5.91 Å². The lowest BCUT2D eigenvalue weighted by Crippen LogP contribution is -2.30. The molecule has 0 aromatic heterocycles. The van der Waals surface area contributed by atoms with Gasteiger partial charge in [0.1, 0.15) is 0 Å². The molecule has 3 heteroatoms. The second-order valence-corrected chi connectivity index (χ2v) is 5.51. The summed E-state index contributed by atoms with van der Waals surface area (Å²) in [6, 6.07) is 0. The highest BCUT2D eigenvalue weighted by atomic mass is 79.9. The second kappa shape index (κ2) is 8.10. The average molecular weight is 290 g/mol. The quantitative estimate of drug-likeness (QED) is 0.564. The third kappa shape index (κ3) is 4.86. The lowest BCUT2D eigenvalue weighted by atomic mass is 9.98. The van der Waals surface area contributed by atoms with Crippen molar-refractivity contribution >= 4 is 21.8 Å². The SMILES string of the molecule is CCCCCC(=O)NCC1CCCC1CBr. The average Bonchev–Trinajstić information content (AvgIpc) is 2.74. The lowest BCUT2D eigenvalue weighted by molar-refractivity contribution is -0.121. The summed E-state index contributed by atoms with van der Waals surface area (Å²) in [4.78, 5) is 11.5. The molecular formula is C13H24BrNO. The van der Waals surface area contributed by atoms with Crippen molar-refractivity contribution in [3.8, 4) is 0 Å². The number of carbonyl (C=O) groups is 1. The third-order valence-corrected chi connectivity index (χ3v) is 4.42. The van der Waals surface area contributed by atoms with Crippen LogP contribution in [0.25, 0.3) is 0 Å². The highest BCUT2D eigenvalue weighted by molar-refractivity contribution is 9.09. The number of alkyl halides is 1. The monoisotopic (exact) mass is 289 g/mol. The second-order valence-electron chi connectivity index (χ2n) is 4.87. The predicted molar refractivity (Wildman–Crippen MR) is 71.8 cm³/mol. The lowest BCUT2D eigenvalue weighted by Gasteiger charge is -2.17. The van der Waals surface area contributed by atoms with Crippen molar-refractivity contribution in [1.29, 1.82) is 0 Å². The van der Waals surface area contributed by atoms with Crippen LogP contribution in [0.1, 0.15) is 51.9 Å². The molecule has 94 valence electrons. The summed E-state index contributed by atoms with van der Waals surface area (Å²) < 4.78 is 0. The molecule has 16 heavy (non-hydrogen) atoms. The topological polar surface area (TPSA) is 29.1 Å². The van der Waals surface area contributed by atoms with Gasteiger partial charge in [-0.15, -0.1) is 0 Å². The summed E-state index contributed by atoms with van der Waals surface area (Å²) in [5.41, 5.74) is 0. The Morgan fingerprint density at radius 2 is 2.06 bits per heavy atom. The van der Waals surface area contributed by atoms with Gasteiger partial charge in [0, 0.05) is 18.3 Å². The maximum atomic E-state index is 11.5. The van der Waals surface area contributed by atoms with E-state index in [2.05, 4.69) is 28.2 Å². The van der Waals surface area contributed by atoms with Crippen molar-refractivity contribution in [3.05, 3.63) is 0 Å². The number of amides is 1. The van der Waals surface area contributed by atoms with Crippen molar-refractivity contribution in [2.24, 2.45) is 11.8 Å². The molecule has 1 fully saturated rings. The standard InChI is InChI=1S/C13H24BrNO/c1-2-3-4-8-13(16)15-10-12-7-5-6-11(12)9-14/h11-12H,2-10H2,1H3,(H,15,16). The molecule has 1 N–H and O–H groups in total. The van der Waals surface area contributed by atoms with Crippen molar-refractivity contribution < 1.29 is 4.79 Å². The molecule has 0 radical (unpaired) electrons. The fraction of sp³-hybridized carbons (Fsp3) is 0.923. The Kier molecular flexibility index (Phi) is 7.10. The molecule has 0 aromatic carbocycles. The normalized spacial score (nSPS) is 24.6. The molecule has 0 aliphatic heterocycles. The van der Waals surface area contributed by atoms with Crippen molar-refractivity contribution in [1.82, 2.24) is 5.32 Å². The minimum Gasteiger partial charge on any atom is -0.356 e. The van der Waals surface area contributed by atoms with Crippen molar-refractivity contribution in [2.75, 3.05) is 11.9 Å². The summed E-state index contributed by atoms with van der Waals surface area (Å²) in [5.74, 6) is 1.72. The first-order chi connectivity index (χ1) is 7.77. The van der Waals surface area contributed by atoms with E-state index >= 15 is 0 Å². The molecule has 0 heterocycles. The highest BCUT2D eigenvalue weighted by Crippen LogP contribution is 2.32. The molecule has 2 unspecified atom stereocenters. The van der Waals surface area contributed by atoms with Gasteiger partial charge in [0.05, 0.1) is 0 Å². The van der Waals surface area contributed by atoms with Gasteiger partial charge in [-0.05, 0) is 31.1 Å². The zero-order valence-electron chi connectivity index (χ0n) is 10.3. The summed E-state index contributed by atoms with van der Waals surface area (Å²) in [7, 11) is 0. The minimum absolute atomic E-state index is 0.244. The van der Waals surface area contributed by atoms with E-state index in [0.29, 0.717) is 12.3 Å². The fourth-order valence-corrected chi connectivity index (χ4v) is 3.31. The molecule has 1 saturated carbocycles. The first kappa shape index (κ1) is 14.0. The molecule has 0 bridgehead atoms. The van der Waals surface area contributed by atoms with E-state index < -0.39 is 0 Å². The molecule has 0 saturated heterocycles. The van der Waals surface area contributed by atoms with Crippen LogP contribution in [0.3, 0.4) is 0 Å². The van der Waals surface area contributed by atoms with Crippen LogP contribution in [0.15, 0.2) is 0 Å². The van der Waals surface area contributed by atoms with Crippen LogP contribution < -0.4 is 5.32 Å². The van der Waals surface area contributed by atoms with E-state index in [1.54, 1.807) is 0 Å². The number of halogens is 1. The molecule has 2 nitrogen and oxygen atoms in total. The fourth-order valence-electron chi connectivity index (χ4n) is 2.45. The van der Waals surface area contributed by atoms with Crippen LogP contribution in [0.4, 0.5) is 0 Å². The van der Waals surface area contributed by atoms with Crippen molar-refractivity contribution in [2.45, 2.75) is 51.9 Å². The third-order valence-electron chi connectivity index (χ3n) is 3.58. The summed E-state index contributed by atoms with van der Waals surface area (Å²) in [6.07, 6.45) is 8.02. The Morgan fingerprint density at radius 3 is 2.75 bits per heavy atom. The molecule has 1 rings (SSSR count). The first-order valence-electron chi connectivity index (χ1n) is 6.60. The van der Waals surface area contributed by atoms with E-state index in [9.17, 15) is 4.79 Å². The molecular weight excluding hydrogens is 266 g/mol. The Bertz CT molecular complexity index is 208. The van der Waals surface area contributed by atoms with Crippen LogP contribution in [-0.4, -0.2) is 17.8 Å². The minimum atomic E-state index is 0.244. The summed E-state index contributed by atoms with van der Waals surface area (Å²) >= 11 is 3.56. The molecule has 0 aromatic rings. The maximum absolute atomic E-state index is 11.5. The number of rotatable bonds is 7. The number of nitrogens with one attached hydrogen (secondary N) is 1. The molecule has 0 spiro atoms. The maximum Gasteiger partial charge on any atom is 0.220 e. The van der Waals surface area contributed by atoms with E-state index in [4.69, 9.17) is 0 Å². The number of carbonyl (C=O) groups excluding carboxylic acids is 1. The predicted octanol–water partition coefficient (Wildman–Crippen LogP) is 3.49. The first-order valence-corrected chi connectivity index (χ1v) is 7.72. The van der Waals surface area contributed by atoms with Gasteiger partial charge in [0.15, 0.2) is 0 Å². The van der Waals surface area contributed by atoms with Gasteiger partial charge in [0.25, 0.3) is 0 Å². The van der Waals surface area contributed by atoms with E-state index in [-0.39, 0.29) is 5.91 Å². The summed E-state index contributed by atoms with van der Waals surface area (Å²) in [5, 5.41) is 4.17. The smallest absolute Gasteiger partial charge is 0.220 e. The Hall–Kier alpha value is -0.0500. The van der Waals surface area contributed by atoms with Gasteiger partial charge in [-0.25, -0.2) is 0 Å². The highest BCUT2D eigenvalue weighted by Gasteiger charge is 2.26. The van der Waals surface area contributed by atoms with Crippen molar-refractivity contribution in [3.63, 3.8) is 0 Å². The van der Waals surface area contributed by atoms with E-state index in [1.165, 1.54) is 32.1 Å². The Balaban J connectivity index is 2.11. The van der Waals surface area contributed by atoms with Crippen LogP contribution in [0.2, 0.25) is 0 Å². The van der Waals surface area contributed by atoms with E-state index in [1.807, 2.05) is 0 Å². The summed E-state index contributed by atoms with van der Waals surface area (Å²) in [6.45, 7) is 3.05. The zero-order chi connectivity index (χ0) is 11.8. The number of hydrogen-bond acceptors (Lipinski definition) is 1. The van der Waals surface area contributed by atoms with Gasteiger partial charge >= 0.3 is 0 Å². The number of hydrogen-bond donors (Lipinski definition) is 1. The number of unbranched alkanes of at least 4 members (excludes halogenated alkanes) is 2. The Morgan fingerprint density at radius 1 is 1.31 bits per heavy atom.